The third kappa shape index (κ3) is 8.00. The predicted molar refractivity (Wildman–Crippen MR) is 146 cm³/mol. The van der Waals surface area contributed by atoms with Crippen LogP contribution in [0.5, 0.6) is 11.5 Å². The van der Waals surface area contributed by atoms with Gasteiger partial charge in [-0.05, 0) is 36.2 Å². The van der Waals surface area contributed by atoms with Crippen LogP contribution in [0.25, 0.3) is 0 Å². The van der Waals surface area contributed by atoms with Crippen LogP contribution in [0.2, 0.25) is 0 Å². The van der Waals surface area contributed by atoms with Gasteiger partial charge < -0.3 is 20.1 Å². The highest BCUT2D eigenvalue weighted by Crippen LogP contribution is 2.30. The summed E-state index contributed by atoms with van der Waals surface area (Å²) >= 11 is 0. The zero-order chi connectivity index (χ0) is 29.1. The molecule has 12 nitrogen and oxygen atoms in total. The largest absolute Gasteiger partial charge is 0.493 e. The molecule has 0 saturated carbocycles. The first-order valence-electron chi connectivity index (χ1n) is 12.6. The summed E-state index contributed by atoms with van der Waals surface area (Å²) in [4.78, 5) is 47.3. The highest BCUT2D eigenvalue weighted by atomic mass is 16.6. The lowest BCUT2D eigenvalue weighted by Crippen LogP contribution is -2.41. The maximum atomic E-state index is 13.1. The van der Waals surface area contributed by atoms with Crippen LogP contribution >= 0.6 is 0 Å². The van der Waals surface area contributed by atoms with E-state index in [0.29, 0.717) is 23.7 Å². The summed E-state index contributed by atoms with van der Waals surface area (Å²) < 4.78 is 11.3. The summed E-state index contributed by atoms with van der Waals surface area (Å²) in [6, 6.07) is 15.2. The zero-order valence-electron chi connectivity index (χ0n) is 22.1. The summed E-state index contributed by atoms with van der Waals surface area (Å²) in [6.45, 7) is 2.61. The van der Waals surface area contributed by atoms with Crippen LogP contribution in [0.15, 0.2) is 66.7 Å². The third-order valence-corrected chi connectivity index (χ3v) is 5.97. The Kier molecular flexibility index (Phi) is 10.5. The summed E-state index contributed by atoms with van der Waals surface area (Å²) in [5.74, 6) is -0.532. The van der Waals surface area contributed by atoms with Crippen LogP contribution in [-0.4, -0.2) is 35.4 Å². The van der Waals surface area contributed by atoms with E-state index in [9.17, 15) is 29.8 Å². The van der Waals surface area contributed by atoms with E-state index in [1.807, 2.05) is 0 Å². The van der Waals surface area contributed by atoms with Gasteiger partial charge in [-0.2, -0.15) is 0 Å². The highest BCUT2D eigenvalue weighted by molar-refractivity contribution is 5.97. The number of amides is 2. The Morgan fingerprint density at radius 2 is 1.38 bits per heavy atom. The summed E-state index contributed by atoms with van der Waals surface area (Å²) in [5, 5.41) is 27.7. The van der Waals surface area contributed by atoms with Crippen molar-refractivity contribution in [3.05, 3.63) is 104 Å². The Bertz CT molecular complexity index is 1310. The second-order valence-corrected chi connectivity index (χ2v) is 8.81. The lowest BCUT2D eigenvalue weighted by Gasteiger charge is -2.22. The van der Waals surface area contributed by atoms with Crippen molar-refractivity contribution in [1.82, 2.24) is 10.6 Å². The molecule has 0 aromatic heterocycles. The van der Waals surface area contributed by atoms with Crippen molar-refractivity contribution in [3.8, 4) is 11.5 Å². The van der Waals surface area contributed by atoms with Crippen molar-refractivity contribution < 1.29 is 28.9 Å². The molecule has 3 aromatic carbocycles. The number of benzene rings is 3. The molecule has 0 heterocycles. The number of unbranched alkanes of at least 4 members (excludes halogenated alkanes) is 3. The quantitative estimate of drug-likeness (QED) is 0.118. The Balaban J connectivity index is 1.90. The van der Waals surface area contributed by atoms with E-state index in [1.54, 1.807) is 18.2 Å². The Hall–Kier alpha value is -5.00. The molecule has 2 amide bonds. The molecule has 0 saturated heterocycles. The van der Waals surface area contributed by atoms with Gasteiger partial charge in [0.15, 0.2) is 11.5 Å². The fourth-order valence-corrected chi connectivity index (χ4v) is 3.85. The molecule has 0 aliphatic carbocycles. The van der Waals surface area contributed by atoms with E-state index in [1.165, 1.54) is 43.5 Å². The van der Waals surface area contributed by atoms with Gasteiger partial charge in [-0.15, -0.1) is 0 Å². The summed E-state index contributed by atoms with van der Waals surface area (Å²) in [5.41, 5.74) is -0.128. The molecule has 3 aromatic rings. The highest BCUT2D eigenvalue weighted by Gasteiger charge is 2.22. The van der Waals surface area contributed by atoms with Crippen LogP contribution in [0.1, 0.15) is 65.1 Å². The van der Waals surface area contributed by atoms with Crippen molar-refractivity contribution in [1.29, 1.82) is 0 Å². The molecule has 3 rings (SSSR count). The fourth-order valence-electron chi connectivity index (χ4n) is 3.85. The van der Waals surface area contributed by atoms with Crippen molar-refractivity contribution >= 4 is 23.2 Å². The van der Waals surface area contributed by atoms with E-state index < -0.39 is 27.8 Å². The van der Waals surface area contributed by atoms with E-state index in [2.05, 4.69) is 17.6 Å². The van der Waals surface area contributed by atoms with Gasteiger partial charge in [-0.3, -0.25) is 29.8 Å². The smallest absolute Gasteiger partial charge is 0.270 e. The van der Waals surface area contributed by atoms with Crippen LogP contribution in [0.4, 0.5) is 11.4 Å². The van der Waals surface area contributed by atoms with Gasteiger partial charge in [0.1, 0.15) is 6.17 Å². The second kappa shape index (κ2) is 14.2. The first-order valence-corrected chi connectivity index (χ1v) is 12.6. The first kappa shape index (κ1) is 29.6. The number of non-ortho nitro benzene ring substituents is 2. The van der Waals surface area contributed by atoms with Gasteiger partial charge in [0.05, 0.1) is 23.6 Å². The van der Waals surface area contributed by atoms with Crippen LogP contribution in [-0.2, 0) is 0 Å². The van der Waals surface area contributed by atoms with Gasteiger partial charge in [0, 0.05) is 35.4 Å². The molecule has 0 bridgehead atoms. The molecule has 0 unspecified atom stereocenters. The third-order valence-electron chi connectivity index (χ3n) is 5.97. The van der Waals surface area contributed by atoms with E-state index in [-0.39, 0.29) is 22.5 Å². The van der Waals surface area contributed by atoms with Crippen molar-refractivity contribution in [2.24, 2.45) is 0 Å². The normalized spacial score (nSPS) is 10.6. The number of hydrogen-bond donors (Lipinski definition) is 2. The van der Waals surface area contributed by atoms with Crippen molar-refractivity contribution in [3.63, 3.8) is 0 Å². The van der Waals surface area contributed by atoms with Gasteiger partial charge in [-0.1, -0.05) is 44.4 Å². The Morgan fingerprint density at radius 1 is 0.800 bits per heavy atom. The standard InChI is InChI=1S/C28H30N4O8/c1-3-4-5-6-15-40-24-14-13-19(18-25(24)39-2)26(29-27(33)20-9-7-11-22(16-20)31(35)36)30-28(34)21-10-8-12-23(17-21)32(37)38/h7-14,16-18,26H,3-6,15H2,1-2H3,(H,29,33)(H,30,34). The molecule has 0 aliphatic rings. The number of nitro benzene ring substituents is 2. The molecule has 0 aliphatic heterocycles. The SMILES string of the molecule is CCCCCCOc1ccc(C(NC(=O)c2cccc([N+](=O)[O-])c2)NC(=O)c2cccc([N+](=O)[O-])c2)cc1OC. The lowest BCUT2D eigenvalue weighted by atomic mass is 10.1. The molecular weight excluding hydrogens is 520 g/mol. The number of nitro groups is 2. The number of nitrogens with one attached hydrogen (secondary N) is 2. The fraction of sp³-hybridized carbons (Fsp3) is 0.286. The number of ether oxygens (including phenoxy) is 2. The molecular formula is C28H30N4O8. The Labute approximate surface area is 230 Å². The minimum atomic E-state index is -1.13. The average Bonchev–Trinajstić information content (AvgIpc) is 2.96. The van der Waals surface area contributed by atoms with Crippen molar-refractivity contribution in [2.75, 3.05) is 13.7 Å². The van der Waals surface area contributed by atoms with E-state index in [0.717, 1.165) is 37.8 Å². The number of nitrogens with zero attached hydrogens (tertiary/aromatic N) is 2. The number of hydrogen-bond acceptors (Lipinski definition) is 8. The van der Waals surface area contributed by atoms with Crippen LogP contribution < -0.4 is 20.1 Å². The molecule has 2 N–H and O–H groups in total. The molecule has 210 valence electrons. The maximum Gasteiger partial charge on any atom is 0.270 e. The van der Waals surface area contributed by atoms with Gasteiger partial charge in [0.25, 0.3) is 23.2 Å². The number of methoxy groups -OCH3 is 1. The molecule has 0 spiro atoms. The van der Waals surface area contributed by atoms with Crippen molar-refractivity contribution in [2.45, 2.75) is 38.8 Å². The molecule has 0 fully saturated rings. The molecule has 40 heavy (non-hydrogen) atoms. The first-order chi connectivity index (χ1) is 19.2. The van der Waals surface area contributed by atoms with Gasteiger partial charge in [0.2, 0.25) is 0 Å². The molecule has 0 radical (unpaired) electrons. The second-order valence-electron chi connectivity index (χ2n) is 8.81. The molecule has 12 heteroatoms. The predicted octanol–water partition coefficient (Wildman–Crippen LogP) is 5.33. The summed E-state index contributed by atoms with van der Waals surface area (Å²) in [6.07, 6.45) is 2.98. The number of carbonyl (C=O) groups is 2. The topological polar surface area (TPSA) is 163 Å². The van der Waals surface area contributed by atoms with Crippen LogP contribution in [0.3, 0.4) is 0 Å². The van der Waals surface area contributed by atoms with Crippen LogP contribution in [0, 0.1) is 20.2 Å². The molecule has 0 atom stereocenters. The minimum Gasteiger partial charge on any atom is -0.493 e. The van der Waals surface area contributed by atoms with Gasteiger partial charge in [-0.25, -0.2) is 0 Å². The zero-order valence-corrected chi connectivity index (χ0v) is 22.1. The number of rotatable bonds is 14. The lowest BCUT2D eigenvalue weighted by molar-refractivity contribution is -0.385. The van der Waals surface area contributed by atoms with E-state index in [4.69, 9.17) is 9.47 Å². The Morgan fingerprint density at radius 3 is 1.88 bits per heavy atom. The van der Waals surface area contributed by atoms with E-state index >= 15 is 0 Å². The summed E-state index contributed by atoms with van der Waals surface area (Å²) in [7, 11) is 1.46. The minimum absolute atomic E-state index is 0.00259. The van der Waals surface area contributed by atoms with Gasteiger partial charge >= 0.3 is 0 Å². The maximum absolute atomic E-state index is 13.1. The monoisotopic (exact) mass is 550 g/mol. The number of carbonyl (C=O) groups excluding carboxylic acids is 2. The average molecular weight is 551 g/mol.